The Morgan fingerprint density at radius 1 is 1.44 bits per heavy atom. The van der Waals surface area contributed by atoms with Crippen LogP contribution in [0.1, 0.15) is 32.3 Å². The van der Waals surface area contributed by atoms with Gasteiger partial charge in [-0.05, 0) is 51.3 Å². The van der Waals surface area contributed by atoms with Gasteiger partial charge in [0.2, 0.25) is 0 Å². The first-order valence-electron chi connectivity index (χ1n) is 5.95. The molecule has 0 saturated carbocycles. The number of benzene rings is 1. The number of nitrogens with zero attached hydrogens (tertiary/aromatic N) is 1. The number of halogens is 1. The number of ether oxygens (including phenoxy) is 1. The van der Waals surface area contributed by atoms with E-state index in [1.54, 1.807) is 0 Å². The van der Waals surface area contributed by atoms with Crippen LogP contribution >= 0.6 is 15.9 Å². The summed E-state index contributed by atoms with van der Waals surface area (Å²) in [5.41, 5.74) is 7.28. The van der Waals surface area contributed by atoms with E-state index in [0.717, 1.165) is 28.6 Å². The van der Waals surface area contributed by atoms with Gasteiger partial charge in [-0.25, -0.2) is 0 Å². The van der Waals surface area contributed by atoms with Crippen LogP contribution in [-0.4, -0.2) is 6.61 Å². The quantitative estimate of drug-likeness (QED) is 0.659. The minimum atomic E-state index is -0.288. The van der Waals surface area contributed by atoms with Gasteiger partial charge in [0.15, 0.2) is 0 Å². The molecule has 0 aliphatic rings. The molecule has 2 N–H and O–H groups in total. The Morgan fingerprint density at radius 2 is 2.11 bits per heavy atom. The zero-order valence-electron chi connectivity index (χ0n) is 11.1. The van der Waals surface area contributed by atoms with Crippen LogP contribution in [0.2, 0.25) is 0 Å². The summed E-state index contributed by atoms with van der Waals surface area (Å²) >= 11 is 3.39. The highest BCUT2D eigenvalue weighted by Crippen LogP contribution is 2.30. The molecule has 0 bridgehead atoms. The lowest BCUT2D eigenvalue weighted by molar-refractivity contribution is 0.284. The molecule has 0 aliphatic heterocycles. The molecule has 0 aromatic heterocycles. The van der Waals surface area contributed by atoms with Crippen molar-refractivity contribution in [2.75, 3.05) is 12.3 Å². The van der Waals surface area contributed by atoms with Crippen molar-refractivity contribution in [3.8, 4) is 11.8 Å². The van der Waals surface area contributed by atoms with Crippen LogP contribution in [0, 0.1) is 23.7 Å². The summed E-state index contributed by atoms with van der Waals surface area (Å²) in [6.45, 7) is 6.42. The van der Waals surface area contributed by atoms with Crippen LogP contribution in [0.25, 0.3) is 0 Å². The molecular weight excluding hydrogens is 292 g/mol. The average Bonchev–Trinajstić information content (AvgIpc) is 2.26. The Hall–Kier alpha value is -1.21. The summed E-state index contributed by atoms with van der Waals surface area (Å²) < 4.78 is 6.66. The number of nitrogens with two attached hydrogens (primary N) is 1. The largest absolute Gasteiger partial charge is 0.491 e. The molecular formula is C14H19BrN2O. The van der Waals surface area contributed by atoms with E-state index in [0.29, 0.717) is 12.3 Å². The minimum absolute atomic E-state index is 0.288. The van der Waals surface area contributed by atoms with Gasteiger partial charge in [0, 0.05) is 4.47 Å². The predicted octanol–water partition coefficient (Wildman–Crippen LogP) is 4.05. The van der Waals surface area contributed by atoms with Crippen molar-refractivity contribution in [2.24, 2.45) is 5.41 Å². The van der Waals surface area contributed by atoms with Crippen molar-refractivity contribution >= 4 is 21.6 Å². The van der Waals surface area contributed by atoms with Gasteiger partial charge in [-0.15, -0.1) is 0 Å². The molecule has 0 spiro atoms. The Balaban J connectivity index is 2.53. The molecule has 4 heteroatoms. The molecule has 18 heavy (non-hydrogen) atoms. The third-order valence-corrected chi connectivity index (χ3v) is 3.22. The molecule has 0 fully saturated rings. The maximum absolute atomic E-state index is 8.91. The molecule has 0 saturated heterocycles. The second-order valence-corrected chi connectivity index (χ2v) is 6.00. The van der Waals surface area contributed by atoms with Gasteiger partial charge < -0.3 is 10.5 Å². The molecule has 1 rings (SSSR count). The number of anilines is 1. The molecule has 1 aromatic rings. The summed E-state index contributed by atoms with van der Waals surface area (Å²) in [5.74, 6) is 0.743. The van der Waals surface area contributed by atoms with Gasteiger partial charge >= 0.3 is 0 Å². The first-order chi connectivity index (χ1) is 8.35. The smallest absolute Gasteiger partial charge is 0.145 e. The normalized spacial score (nSPS) is 11.1. The van der Waals surface area contributed by atoms with Crippen molar-refractivity contribution in [3.63, 3.8) is 0 Å². The minimum Gasteiger partial charge on any atom is -0.491 e. The van der Waals surface area contributed by atoms with Crippen molar-refractivity contribution in [3.05, 3.63) is 22.2 Å². The van der Waals surface area contributed by atoms with Crippen LogP contribution in [0.3, 0.4) is 0 Å². The van der Waals surface area contributed by atoms with E-state index < -0.39 is 0 Å². The summed E-state index contributed by atoms with van der Waals surface area (Å²) in [5, 5.41) is 8.91. The zero-order chi connectivity index (χ0) is 13.8. The number of aryl methyl sites for hydroxylation is 1. The molecule has 0 aliphatic carbocycles. The van der Waals surface area contributed by atoms with Gasteiger partial charge in [-0.2, -0.15) is 5.26 Å². The standard InChI is InChI=1S/C14H19BrN2O/c1-10-7-11(15)8-12(17)13(10)18-6-4-5-14(2,3)9-16/h7-8H,4-6,17H2,1-3H3. The molecule has 0 radical (unpaired) electrons. The molecule has 0 atom stereocenters. The fourth-order valence-corrected chi connectivity index (χ4v) is 2.29. The van der Waals surface area contributed by atoms with Crippen molar-refractivity contribution < 1.29 is 4.74 Å². The molecule has 3 nitrogen and oxygen atoms in total. The molecule has 98 valence electrons. The highest BCUT2D eigenvalue weighted by atomic mass is 79.9. The van der Waals surface area contributed by atoms with Gasteiger partial charge in [-0.3, -0.25) is 0 Å². The van der Waals surface area contributed by atoms with E-state index in [1.165, 1.54) is 0 Å². The Kier molecular flexibility index (Phi) is 5.03. The van der Waals surface area contributed by atoms with Crippen molar-refractivity contribution in [1.82, 2.24) is 0 Å². The van der Waals surface area contributed by atoms with E-state index in [4.69, 9.17) is 15.7 Å². The highest BCUT2D eigenvalue weighted by Gasteiger charge is 2.16. The number of nitriles is 1. The predicted molar refractivity (Wildman–Crippen MR) is 77.4 cm³/mol. The van der Waals surface area contributed by atoms with Gasteiger partial charge in [-0.1, -0.05) is 15.9 Å². The third kappa shape index (κ3) is 4.23. The van der Waals surface area contributed by atoms with E-state index in [1.807, 2.05) is 32.9 Å². The van der Waals surface area contributed by atoms with Crippen LogP contribution in [0.5, 0.6) is 5.75 Å². The van der Waals surface area contributed by atoms with E-state index in [2.05, 4.69) is 22.0 Å². The number of nitrogen functional groups attached to an aromatic ring is 1. The summed E-state index contributed by atoms with van der Waals surface area (Å²) in [7, 11) is 0. The molecule has 0 unspecified atom stereocenters. The summed E-state index contributed by atoms with van der Waals surface area (Å²) in [6.07, 6.45) is 1.66. The van der Waals surface area contributed by atoms with Gasteiger partial charge in [0.05, 0.1) is 23.8 Å². The first-order valence-corrected chi connectivity index (χ1v) is 6.75. The molecule has 0 amide bonds. The Labute approximate surface area is 117 Å². The second-order valence-electron chi connectivity index (χ2n) is 5.09. The first kappa shape index (κ1) is 14.8. The third-order valence-electron chi connectivity index (χ3n) is 2.76. The highest BCUT2D eigenvalue weighted by molar-refractivity contribution is 9.10. The Morgan fingerprint density at radius 3 is 2.67 bits per heavy atom. The fourth-order valence-electron chi connectivity index (χ4n) is 1.70. The van der Waals surface area contributed by atoms with E-state index in [9.17, 15) is 0 Å². The van der Waals surface area contributed by atoms with Crippen LogP contribution in [-0.2, 0) is 0 Å². The average molecular weight is 311 g/mol. The number of rotatable bonds is 5. The lowest BCUT2D eigenvalue weighted by Gasteiger charge is -2.16. The SMILES string of the molecule is Cc1cc(Br)cc(N)c1OCCCC(C)(C)C#N. The van der Waals surface area contributed by atoms with Crippen LogP contribution in [0.15, 0.2) is 16.6 Å². The second kappa shape index (κ2) is 6.10. The van der Waals surface area contributed by atoms with Gasteiger partial charge in [0.1, 0.15) is 5.75 Å². The van der Waals surface area contributed by atoms with Crippen LogP contribution < -0.4 is 10.5 Å². The maximum atomic E-state index is 8.91. The number of hydrogen-bond donors (Lipinski definition) is 1. The molecule has 1 aromatic carbocycles. The Bertz CT molecular complexity index is 440. The lowest BCUT2D eigenvalue weighted by atomic mass is 9.90. The van der Waals surface area contributed by atoms with Crippen molar-refractivity contribution in [2.45, 2.75) is 33.6 Å². The zero-order valence-corrected chi connectivity index (χ0v) is 12.7. The van der Waals surface area contributed by atoms with Crippen LogP contribution in [0.4, 0.5) is 5.69 Å². The van der Waals surface area contributed by atoms with E-state index >= 15 is 0 Å². The molecule has 0 heterocycles. The monoisotopic (exact) mass is 310 g/mol. The lowest BCUT2D eigenvalue weighted by Crippen LogP contribution is -2.10. The summed E-state index contributed by atoms with van der Waals surface area (Å²) in [4.78, 5) is 0. The fraction of sp³-hybridized carbons (Fsp3) is 0.500. The van der Waals surface area contributed by atoms with Gasteiger partial charge in [0.25, 0.3) is 0 Å². The maximum Gasteiger partial charge on any atom is 0.145 e. The number of hydrogen-bond acceptors (Lipinski definition) is 3. The summed E-state index contributed by atoms with van der Waals surface area (Å²) in [6, 6.07) is 6.10. The van der Waals surface area contributed by atoms with E-state index in [-0.39, 0.29) is 5.41 Å². The topological polar surface area (TPSA) is 59.0 Å². The van der Waals surface area contributed by atoms with Crippen molar-refractivity contribution in [1.29, 1.82) is 5.26 Å².